The van der Waals surface area contributed by atoms with Gasteiger partial charge in [-0.1, -0.05) is 61.5 Å². The Morgan fingerprint density at radius 3 is 2.18 bits per heavy atom. The summed E-state index contributed by atoms with van der Waals surface area (Å²) in [6.07, 6.45) is 0. The quantitative estimate of drug-likeness (QED) is 0.650. The Labute approximate surface area is 168 Å². The topological polar surface area (TPSA) is 55.4 Å². The van der Waals surface area contributed by atoms with Gasteiger partial charge in [0.2, 0.25) is 0 Å². The van der Waals surface area contributed by atoms with Crippen LogP contribution in [0.2, 0.25) is 0 Å². The van der Waals surface area contributed by atoms with E-state index in [4.69, 9.17) is 4.74 Å². The number of hydrogen-bond donors (Lipinski definition) is 1. The first-order valence-corrected chi connectivity index (χ1v) is 10.4. The maximum atomic E-state index is 13.1. The molecule has 0 saturated carbocycles. The smallest absolute Gasteiger partial charge is 0.253 e. The lowest BCUT2D eigenvalue weighted by atomic mass is 9.98. The molecule has 0 spiro atoms. The maximum absolute atomic E-state index is 13.1. The van der Waals surface area contributed by atoms with Crippen LogP contribution < -0.4 is 10.1 Å². The summed E-state index contributed by atoms with van der Waals surface area (Å²) in [7, 11) is 0.413. The zero-order valence-electron chi connectivity index (χ0n) is 15.9. The van der Waals surface area contributed by atoms with Crippen molar-refractivity contribution in [1.82, 2.24) is 5.32 Å². The van der Waals surface area contributed by atoms with Crippen LogP contribution in [0.3, 0.4) is 0 Å². The summed E-state index contributed by atoms with van der Waals surface area (Å²) >= 11 is 0. The Kier molecular flexibility index (Phi) is 6.61. The monoisotopic (exact) mass is 393 g/mol. The number of benzene rings is 3. The molecule has 2 unspecified atom stereocenters. The van der Waals surface area contributed by atoms with Crippen molar-refractivity contribution in [2.24, 2.45) is 0 Å². The Bertz CT molecular complexity index is 955. The van der Waals surface area contributed by atoms with Crippen molar-refractivity contribution in [3.8, 4) is 5.75 Å². The molecule has 3 aromatic rings. The Morgan fingerprint density at radius 1 is 0.929 bits per heavy atom. The van der Waals surface area contributed by atoms with Crippen LogP contribution in [0.15, 0.2) is 83.8 Å². The molecule has 2 atom stereocenters. The van der Waals surface area contributed by atoms with Gasteiger partial charge in [0.1, 0.15) is 5.75 Å². The van der Waals surface area contributed by atoms with E-state index in [1.807, 2.05) is 61.5 Å². The first-order valence-electron chi connectivity index (χ1n) is 9.11. The number of amides is 1. The summed E-state index contributed by atoms with van der Waals surface area (Å²) in [5.41, 5.74) is 2.35. The number of nitrogens with one attached hydrogen (secondary N) is 1. The van der Waals surface area contributed by atoms with Gasteiger partial charge in [0.25, 0.3) is 5.91 Å². The number of carbonyl (C=O) groups is 1. The van der Waals surface area contributed by atoms with E-state index in [1.165, 1.54) is 0 Å². The van der Waals surface area contributed by atoms with Crippen LogP contribution in [-0.4, -0.2) is 23.0 Å². The molecule has 1 N–H and O–H groups in total. The summed E-state index contributed by atoms with van der Waals surface area (Å²) in [5.74, 6) is 0.970. The Morgan fingerprint density at radius 2 is 1.54 bits per heavy atom. The average Bonchev–Trinajstić information content (AvgIpc) is 2.77. The fraction of sp³-hybridized carbons (Fsp3) is 0.174. The lowest BCUT2D eigenvalue weighted by Gasteiger charge is -2.21. The molecule has 4 nitrogen and oxygen atoms in total. The number of rotatable bonds is 7. The third-order valence-corrected chi connectivity index (χ3v) is 5.87. The second-order valence-electron chi connectivity index (χ2n) is 6.22. The van der Waals surface area contributed by atoms with Gasteiger partial charge in [-0.3, -0.25) is 9.00 Å². The van der Waals surface area contributed by atoms with Crippen LogP contribution in [-0.2, 0) is 10.8 Å². The highest BCUT2D eigenvalue weighted by Gasteiger charge is 2.21. The number of ether oxygens (including phenoxy) is 1. The summed E-state index contributed by atoms with van der Waals surface area (Å²) in [4.78, 5) is 13.7. The van der Waals surface area contributed by atoms with E-state index in [-0.39, 0.29) is 11.9 Å². The van der Waals surface area contributed by atoms with Crippen LogP contribution in [0.1, 0.15) is 34.5 Å². The second kappa shape index (κ2) is 9.33. The molecule has 0 aromatic heterocycles. The van der Waals surface area contributed by atoms with Gasteiger partial charge < -0.3 is 10.1 Å². The molecule has 0 bridgehead atoms. The molecule has 28 heavy (non-hydrogen) atoms. The molecule has 0 radical (unpaired) electrons. The SMILES string of the molecule is CCS(=O)c1ccccc1C(=O)NC(c1ccccc1)c1ccc(OC)cc1. The zero-order chi connectivity index (χ0) is 19.9. The summed E-state index contributed by atoms with van der Waals surface area (Å²) in [6, 6.07) is 24.1. The largest absolute Gasteiger partial charge is 0.497 e. The first kappa shape index (κ1) is 19.8. The average molecular weight is 394 g/mol. The molecule has 3 rings (SSSR count). The Hall–Kier alpha value is -2.92. The number of carbonyl (C=O) groups excluding carboxylic acids is 1. The van der Waals surface area contributed by atoms with Crippen LogP contribution in [0, 0.1) is 0 Å². The Balaban J connectivity index is 1.96. The van der Waals surface area contributed by atoms with Gasteiger partial charge in [-0.25, -0.2) is 0 Å². The van der Waals surface area contributed by atoms with Gasteiger partial charge in [0.05, 0.1) is 34.4 Å². The molecule has 1 amide bonds. The molecular formula is C23H23NO3S. The molecule has 5 heteroatoms. The van der Waals surface area contributed by atoms with E-state index in [1.54, 1.807) is 31.4 Å². The van der Waals surface area contributed by atoms with Crippen molar-refractivity contribution in [3.63, 3.8) is 0 Å². The minimum Gasteiger partial charge on any atom is -0.497 e. The van der Waals surface area contributed by atoms with E-state index < -0.39 is 10.8 Å². The molecule has 0 aliphatic heterocycles. The lowest BCUT2D eigenvalue weighted by Crippen LogP contribution is -2.30. The normalized spacial score (nSPS) is 12.8. The van der Waals surface area contributed by atoms with E-state index in [2.05, 4.69) is 5.32 Å². The van der Waals surface area contributed by atoms with Gasteiger partial charge in [0.15, 0.2) is 0 Å². The van der Waals surface area contributed by atoms with Gasteiger partial charge in [-0.2, -0.15) is 0 Å². The molecule has 3 aromatic carbocycles. The first-order chi connectivity index (χ1) is 13.6. The summed E-state index contributed by atoms with van der Waals surface area (Å²) < 4.78 is 17.6. The zero-order valence-corrected chi connectivity index (χ0v) is 16.7. The maximum Gasteiger partial charge on any atom is 0.253 e. The van der Waals surface area contributed by atoms with Crippen molar-refractivity contribution in [2.45, 2.75) is 17.9 Å². The van der Waals surface area contributed by atoms with Crippen molar-refractivity contribution < 1.29 is 13.7 Å². The summed E-state index contributed by atoms with van der Waals surface area (Å²) in [6.45, 7) is 1.84. The standard InChI is InChI=1S/C23H23NO3S/c1-3-28(26)21-12-8-7-11-20(21)23(25)24-22(17-9-5-4-6-10-17)18-13-15-19(27-2)16-14-18/h4-16,22H,3H2,1-2H3,(H,24,25). The predicted molar refractivity (Wildman–Crippen MR) is 112 cm³/mol. The highest BCUT2D eigenvalue weighted by atomic mass is 32.2. The van der Waals surface area contributed by atoms with Crippen LogP contribution in [0.25, 0.3) is 0 Å². The van der Waals surface area contributed by atoms with E-state index >= 15 is 0 Å². The van der Waals surface area contributed by atoms with Crippen LogP contribution in [0.5, 0.6) is 5.75 Å². The summed E-state index contributed by atoms with van der Waals surface area (Å²) in [5, 5.41) is 3.11. The van der Waals surface area contributed by atoms with E-state index in [0.717, 1.165) is 16.9 Å². The lowest BCUT2D eigenvalue weighted by molar-refractivity contribution is 0.0940. The predicted octanol–water partition coefficient (Wildman–Crippen LogP) is 4.34. The molecule has 0 aliphatic rings. The van der Waals surface area contributed by atoms with Gasteiger partial charge in [0, 0.05) is 5.75 Å². The molecule has 0 saturated heterocycles. The fourth-order valence-corrected chi connectivity index (χ4v) is 3.97. The van der Waals surface area contributed by atoms with Gasteiger partial charge in [-0.05, 0) is 35.4 Å². The molecule has 0 fully saturated rings. The highest BCUT2D eigenvalue weighted by Crippen LogP contribution is 2.25. The fourth-order valence-electron chi connectivity index (χ4n) is 3.02. The van der Waals surface area contributed by atoms with Crippen molar-refractivity contribution in [3.05, 3.63) is 95.6 Å². The van der Waals surface area contributed by atoms with Crippen molar-refractivity contribution in [2.75, 3.05) is 12.9 Å². The number of methoxy groups -OCH3 is 1. The minimum atomic E-state index is -1.21. The van der Waals surface area contributed by atoms with Crippen LogP contribution >= 0.6 is 0 Å². The van der Waals surface area contributed by atoms with E-state index in [9.17, 15) is 9.00 Å². The molecule has 0 aliphatic carbocycles. The second-order valence-corrected chi connectivity index (χ2v) is 7.93. The van der Waals surface area contributed by atoms with Gasteiger partial charge in [-0.15, -0.1) is 0 Å². The number of hydrogen-bond acceptors (Lipinski definition) is 3. The third kappa shape index (κ3) is 4.49. The highest BCUT2D eigenvalue weighted by molar-refractivity contribution is 7.85. The van der Waals surface area contributed by atoms with Crippen LogP contribution in [0.4, 0.5) is 0 Å². The van der Waals surface area contributed by atoms with Gasteiger partial charge >= 0.3 is 0 Å². The van der Waals surface area contributed by atoms with Crippen molar-refractivity contribution >= 4 is 16.7 Å². The molecule has 0 heterocycles. The van der Waals surface area contributed by atoms with Crippen molar-refractivity contribution in [1.29, 1.82) is 0 Å². The third-order valence-electron chi connectivity index (χ3n) is 4.50. The molecular weight excluding hydrogens is 370 g/mol. The molecule has 144 valence electrons. The minimum absolute atomic E-state index is 0.248. The van der Waals surface area contributed by atoms with E-state index in [0.29, 0.717) is 16.2 Å².